The van der Waals surface area contributed by atoms with Crippen molar-refractivity contribution in [3.05, 3.63) is 54.4 Å². The Bertz CT molecular complexity index is 998. The summed E-state index contributed by atoms with van der Waals surface area (Å²) in [5, 5.41) is 28.4. The van der Waals surface area contributed by atoms with Gasteiger partial charge in [0.15, 0.2) is 5.60 Å². The van der Waals surface area contributed by atoms with E-state index in [2.05, 4.69) is 16.9 Å². The van der Waals surface area contributed by atoms with E-state index < -0.39 is 11.2 Å². The summed E-state index contributed by atoms with van der Waals surface area (Å²) in [4.78, 5) is 15.5. The van der Waals surface area contributed by atoms with Gasteiger partial charge in [-0.25, -0.2) is 0 Å². The molecule has 4 rings (SSSR count). The number of para-hydroxylation sites is 1. The maximum atomic E-state index is 13.8. The molecule has 2 aliphatic heterocycles. The van der Waals surface area contributed by atoms with Crippen molar-refractivity contribution in [1.29, 1.82) is 0 Å². The number of anilines is 1. The Kier molecular flexibility index (Phi) is 5.96. The van der Waals surface area contributed by atoms with Gasteiger partial charge in [-0.1, -0.05) is 36.4 Å². The summed E-state index contributed by atoms with van der Waals surface area (Å²) in [6.07, 6.45) is 4.20. The van der Waals surface area contributed by atoms with Crippen molar-refractivity contribution in [3.63, 3.8) is 0 Å². The van der Waals surface area contributed by atoms with E-state index in [1.807, 2.05) is 37.4 Å². The number of carbonyl (C=O) groups excluding carboxylic acids is 1. The zero-order valence-electron chi connectivity index (χ0n) is 18.9. The van der Waals surface area contributed by atoms with Gasteiger partial charge in [0, 0.05) is 49.7 Å². The number of benzene rings is 1. The number of hydrogen-bond donors (Lipinski definition) is 2. The number of fused-ring (bicyclic) bond motifs is 2. The third-order valence-corrected chi connectivity index (χ3v) is 6.80. The lowest BCUT2D eigenvalue weighted by atomic mass is 9.71. The summed E-state index contributed by atoms with van der Waals surface area (Å²) in [5.41, 5.74) is 0.230. The molecule has 0 saturated carbocycles. The maximum absolute atomic E-state index is 13.8. The number of carbonyl (C=O) groups is 1. The van der Waals surface area contributed by atoms with Crippen molar-refractivity contribution in [2.75, 3.05) is 18.1 Å². The SMILES string of the molecule is C=CCN1C(=O)[C@@]2(O[C@@H](CCn3cc(CCO)nn3)[C@H](C(C)(C)O)[C@H]2C)c2ccccc21. The lowest BCUT2D eigenvalue weighted by Crippen LogP contribution is -2.46. The van der Waals surface area contributed by atoms with Crippen LogP contribution in [0.4, 0.5) is 5.69 Å². The molecular formula is C24H32N4O4. The molecule has 1 spiro atoms. The van der Waals surface area contributed by atoms with Crippen LogP contribution in [0, 0.1) is 11.8 Å². The number of aromatic nitrogens is 3. The molecule has 1 aromatic heterocycles. The number of aryl methyl sites for hydroxylation is 1. The fourth-order valence-corrected chi connectivity index (χ4v) is 5.55. The smallest absolute Gasteiger partial charge is 0.264 e. The van der Waals surface area contributed by atoms with Gasteiger partial charge < -0.3 is 19.8 Å². The third kappa shape index (κ3) is 3.56. The van der Waals surface area contributed by atoms with Crippen LogP contribution < -0.4 is 4.90 Å². The van der Waals surface area contributed by atoms with Gasteiger partial charge in [0.2, 0.25) is 0 Å². The van der Waals surface area contributed by atoms with Crippen LogP contribution in [0.2, 0.25) is 0 Å². The molecule has 1 saturated heterocycles. The van der Waals surface area contributed by atoms with E-state index in [-0.39, 0.29) is 30.5 Å². The Morgan fingerprint density at radius 3 is 2.78 bits per heavy atom. The van der Waals surface area contributed by atoms with Crippen LogP contribution in [-0.4, -0.2) is 56.0 Å². The summed E-state index contributed by atoms with van der Waals surface area (Å²) in [6.45, 7) is 10.3. The zero-order valence-corrected chi connectivity index (χ0v) is 18.9. The fraction of sp³-hybridized carbons (Fsp3) is 0.542. The minimum atomic E-state index is -1.14. The highest BCUT2D eigenvalue weighted by Crippen LogP contribution is 2.57. The van der Waals surface area contributed by atoms with Crippen molar-refractivity contribution in [2.45, 2.75) is 57.5 Å². The number of rotatable bonds is 8. The topological polar surface area (TPSA) is 101 Å². The van der Waals surface area contributed by atoms with E-state index in [0.29, 0.717) is 25.9 Å². The largest absolute Gasteiger partial charge is 0.396 e. The number of nitrogens with zero attached hydrogens (tertiary/aromatic N) is 4. The van der Waals surface area contributed by atoms with Crippen LogP contribution in [0.15, 0.2) is 43.1 Å². The lowest BCUT2D eigenvalue weighted by Gasteiger charge is -2.34. The second-order valence-electron chi connectivity index (χ2n) is 9.32. The van der Waals surface area contributed by atoms with E-state index >= 15 is 0 Å². The molecule has 0 aliphatic carbocycles. The molecule has 172 valence electrons. The highest BCUT2D eigenvalue weighted by Gasteiger charge is 2.65. The van der Waals surface area contributed by atoms with Crippen molar-refractivity contribution in [3.8, 4) is 0 Å². The van der Waals surface area contributed by atoms with Crippen LogP contribution in [0.5, 0.6) is 0 Å². The molecule has 0 bridgehead atoms. The van der Waals surface area contributed by atoms with Crippen molar-refractivity contribution >= 4 is 11.6 Å². The maximum Gasteiger partial charge on any atom is 0.264 e. The summed E-state index contributed by atoms with van der Waals surface area (Å²) in [5.74, 6) is -0.603. The molecule has 0 unspecified atom stereocenters. The Labute approximate surface area is 188 Å². The molecule has 8 nitrogen and oxygen atoms in total. The number of hydrogen-bond acceptors (Lipinski definition) is 6. The van der Waals surface area contributed by atoms with Crippen molar-refractivity contribution in [2.24, 2.45) is 11.8 Å². The van der Waals surface area contributed by atoms with Crippen LogP contribution in [0.25, 0.3) is 0 Å². The van der Waals surface area contributed by atoms with Gasteiger partial charge in [-0.2, -0.15) is 0 Å². The molecule has 32 heavy (non-hydrogen) atoms. The van der Waals surface area contributed by atoms with Crippen LogP contribution >= 0.6 is 0 Å². The van der Waals surface area contributed by atoms with Gasteiger partial charge in [-0.3, -0.25) is 9.48 Å². The highest BCUT2D eigenvalue weighted by molar-refractivity contribution is 6.07. The molecule has 2 aromatic rings. The normalized spacial score (nSPS) is 27.3. The zero-order chi connectivity index (χ0) is 23.1. The molecule has 0 radical (unpaired) electrons. The predicted molar refractivity (Wildman–Crippen MR) is 120 cm³/mol. The summed E-state index contributed by atoms with van der Waals surface area (Å²) in [7, 11) is 0. The summed E-state index contributed by atoms with van der Waals surface area (Å²) >= 11 is 0. The molecular weight excluding hydrogens is 408 g/mol. The van der Waals surface area contributed by atoms with Crippen LogP contribution in [-0.2, 0) is 28.1 Å². The van der Waals surface area contributed by atoms with Crippen LogP contribution in [0.1, 0.15) is 38.4 Å². The number of aliphatic hydroxyl groups excluding tert-OH is 1. The second kappa shape index (κ2) is 8.42. The minimum absolute atomic E-state index is 0.0218. The minimum Gasteiger partial charge on any atom is -0.396 e. The summed E-state index contributed by atoms with van der Waals surface area (Å²) < 4.78 is 8.39. The van der Waals surface area contributed by atoms with E-state index in [1.165, 1.54) is 0 Å². The molecule has 1 fully saturated rings. The first-order valence-corrected chi connectivity index (χ1v) is 11.2. The quantitative estimate of drug-likeness (QED) is 0.610. The Balaban J connectivity index is 1.67. The first-order valence-electron chi connectivity index (χ1n) is 11.2. The number of ether oxygens (including phenoxy) is 1. The van der Waals surface area contributed by atoms with Crippen molar-refractivity contribution in [1.82, 2.24) is 15.0 Å². The average molecular weight is 441 g/mol. The highest BCUT2D eigenvalue weighted by atomic mass is 16.5. The monoisotopic (exact) mass is 440 g/mol. The van der Waals surface area contributed by atoms with Gasteiger partial charge in [-0.05, 0) is 26.3 Å². The molecule has 2 N–H and O–H groups in total. The molecule has 1 aromatic carbocycles. The Morgan fingerprint density at radius 1 is 1.34 bits per heavy atom. The standard InChI is InChI=1S/C24H32N4O4/c1-5-12-28-19-9-7-6-8-18(19)24(22(28)30)16(2)21(23(3,4)31)20(32-24)10-13-27-15-17(11-14-29)25-26-27/h5-9,15-16,20-21,29,31H,1,10-14H2,2-4H3/t16-,20+,21-,24+/m1/s1. The van der Waals surface area contributed by atoms with Crippen LogP contribution in [0.3, 0.4) is 0 Å². The third-order valence-electron chi connectivity index (χ3n) is 6.80. The lowest BCUT2D eigenvalue weighted by molar-refractivity contribution is -0.146. The first kappa shape index (κ1) is 22.6. The molecule has 8 heteroatoms. The van der Waals surface area contributed by atoms with Gasteiger partial charge in [0.05, 0.1) is 23.1 Å². The summed E-state index contributed by atoms with van der Waals surface area (Å²) in [6, 6.07) is 7.73. The fourth-order valence-electron chi connectivity index (χ4n) is 5.55. The number of amides is 1. The first-order chi connectivity index (χ1) is 15.2. The second-order valence-corrected chi connectivity index (χ2v) is 9.32. The van der Waals surface area contributed by atoms with E-state index in [4.69, 9.17) is 9.84 Å². The van der Waals surface area contributed by atoms with Gasteiger partial charge in [-0.15, -0.1) is 11.7 Å². The predicted octanol–water partition coefficient (Wildman–Crippen LogP) is 2.05. The molecule has 4 atom stereocenters. The van der Waals surface area contributed by atoms with E-state index in [0.717, 1.165) is 16.9 Å². The van der Waals surface area contributed by atoms with Gasteiger partial charge >= 0.3 is 0 Å². The molecule has 3 heterocycles. The van der Waals surface area contributed by atoms with Gasteiger partial charge in [0.1, 0.15) is 0 Å². The average Bonchev–Trinajstić information content (AvgIpc) is 3.38. The van der Waals surface area contributed by atoms with E-state index in [1.54, 1.807) is 29.5 Å². The Morgan fingerprint density at radius 2 is 2.09 bits per heavy atom. The molecule has 1 amide bonds. The van der Waals surface area contributed by atoms with E-state index in [9.17, 15) is 9.90 Å². The van der Waals surface area contributed by atoms with Gasteiger partial charge in [0.25, 0.3) is 5.91 Å². The molecule has 2 aliphatic rings. The van der Waals surface area contributed by atoms with Crippen molar-refractivity contribution < 1.29 is 19.7 Å². The number of aliphatic hydroxyl groups is 2. The Hall–Kier alpha value is -2.55.